The molecule has 5 N–H and O–H groups in total. The Hall–Kier alpha value is -2.35. The van der Waals surface area contributed by atoms with Gasteiger partial charge >= 0.3 is 6.09 Å². The first-order valence-corrected chi connectivity index (χ1v) is 6.39. The lowest BCUT2D eigenvalue weighted by Gasteiger charge is -2.19. The Kier molecular flexibility index (Phi) is 5.27. The maximum Gasteiger partial charge on any atom is 0.407 e. The number of alkyl carbamates (subject to hydrolysis) is 1. The molecule has 0 saturated carbocycles. The van der Waals surface area contributed by atoms with E-state index in [4.69, 9.17) is 16.2 Å². The van der Waals surface area contributed by atoms with Gasteiger partial charge in [-0.3, -0.25) is 0 Å². The van der Waals surface area contributed by atoms with Crippen molar-refractivity contribution in [2.24, 2.45) is 0 Å². The van der Waals surface area contributed by atoms with E-state index in [2.05, 4.69) is 17.2 Å². The average Bonchev–Trinajstić information content (AvgIpc) is 2.31. The molecule has 0 spiro atoms. The zero-order valence-electron chi connectivity index (χ0n) is 12.1. The molecule has 5 heteroatoms. The molecule has 0 heterocycles. The SMILES string of the molecule is CC(C)(C)OC(=O)NCCC#Cc1cccc(N)c1N. The molecule has 20 heavy (non-hydrogen) atoms. The molecule has 0 aliphatic heterocycles. The van der Waals surface area contributed by atoms with Crippen LogP contribution in [-0.2, 0) is 4.74 Å². The van der Waals surface area contributed by atoms with Crippen LogP contribution in [0.4, 0.5) is 16.2 Å². The van der Waals surface area contributed by atoms with Crippen LogP contribution in [-0.4, -0.2) is 18.2 Å². The van der Waals surface area contributed by atoms with E-state index in [1.165, 1.54) is 0 Å². The first-order chi connectivity index (χ1) is 9.29. The molecule has 0 aliphatic rings. The number of hydrogen-bond donors (Lipinski definition) is 3. The van der Waals surface area contributed by atoms with E-state index >= 15 is 0 Å². The van der Waals surface area contributed by atoms with Gasteiger partial charge in [0.15, 0.2) is 0 Å². The van der Waals surface area contributed by atoms with Gasteiger partial charge in [0.2, 0.25) is 0 Å². The monoisotopic (exact) mass is 275 g/mol. The Labute approximate surface area is 119 Å². The molecule has 1 aromatic rings. The molecule has 0 radical (unpaired) electrons. The van der Waals surface area contributed by atoms with Crippen LogP contribution in [0.5, 0.6) is 0 Å². The lowest BCUT2D eigenvalue weighted by Crippen LogP contribution is -2.32. The van der Waals surface area contributed by atoms with Crippen LogP contribution in [0.15, 0.2) is 18.2 Å². The molecular weight excluding hydrogens is 254 g/mol. The predicted molar refractivity (Wildman–Crippen MR) is 81.0 cm³/mol. The van der Waals surface area contributed by atoms with Crippen LogP contribution in [0.3, 0.4) is 0 Å². The number of carbonyl (C=O) groups excluding carboxylic acids is 1. The Balaban J connectivity index is 2.41. The van der Waals surface area contributed by atoms with Crippen molar-refractivity contribution in [3.05, 3.63) is 23.8 Å². The van der Waals surface area contributed by atoms with Crippen molar-refractivity contribution in [1.29, 1.82) is 0 Å². The number of rotatable bonds is 2. The molecule has 0 fully saturated rings. The van der Waals surface area contributed by atoms with Gasteiger partial charge in [-0.15, -0.1) is 0 Å². The summed E-state index contributed by atoms with van der Waals surface area (Å²) in [6, 6.07) is 5.33. The van der Waals surface area contributed by atoms with Gasteiger partial charge in [0.1, 0.15) is 5.60 Å². The maximum absolute atomic E-state index is 11.4. The summed E-state index contributed by atoms with van der Waals surface area (Å²) in [4.78, 5) is 11.4. The number of carbonyl (C=O) groups is 1. The number of nitrogens with one attached hydrogen (secondary N) is 1. The van der Waals surface area contributed by atoms with Crippen LogP contribution in [0.25, 0.3) is 0 Å². The van der Waals surface area contributed by atoms with E-state index in [9.17, 15) is 4.79 Å². The van der Waals surface area contributed by atoms with Gasteiger partial charge < -0.3 is 21.5 Å². The van der Waals surface area contributed by atoms with Crippen molar-refractivity contribution in [3.63, 3.8) is 0 Å². The Morgan fingerprint density at radius 2 is 2.05 bits per heavy atom. The fourth-order valence-corrected chi connectivity index (χ4v) is 1.39. The minimum absolute atomic E-state index is 0.421. The molecule has 0 saturated heterocycles. The van der Waals surface area contributed by atoms with Gasteiger partial charge in [-0.2, -0.15) is 0 Å². The van der Waals surface area contributed by atoms with E-state index in [1.54, 1.807) is 18.2 Å². The van der Waals surface area contributed by atoms with E-state index < -0.39 is 11.7 Å². The Morgan fingerprint density at radius 1 is 1.35 bits per heavy atom. The van der Waals surface area contributed by atoms with Crippen molar-refractivity contribution in [2.75, 3.05) is 18.0 Å². The zero-order chi connectivity index (χ0) is 15.2. The fraction of sp³-hybridized carbons (Fsp3) is 0.400. The standard InChI is InChI=1S/C15H21N3O2/c1-15(2,3)20-14(19)18-10-5-4-7-11-8-6-9-12(16)13(11)17/h6,8-9H,5,10,16-17H2,1-3H3,(H,18,19). The first-order valence-electron chi connectivity index (χ1n) is 6.39. The Morgan fingerprint density at radius 3 is 2.70 bits per heavy atom. The van der Waals surface area contributed by atoms with Gasteiger partial charge in [-0.1, -0.05) is 17.9 Å². The Bertz CT molecular complexity index is 536. The molecule has 0 bridgehead atoms. The molecule has 1 rings (SSSR count). The van der Waals surface area contributed by atoms with Crippen molar-refractivity contribution in [3.8, 4) is 11.8 Å². The average molecular weight is 275 g/mol. The highest BCUT2D eigenvalue weighted by Gasteiger charge is 2.15. The molecule has 0 aliphatic carbocycles. The first kappa shape index (κ1) is 15.7. The lowest BCUT2D eigenvalue weighted by atomic mass is 10.1. The summed E-state index contributed by atoms with van der Waals surface area (Å²) in [6.45, 7) is 5.86. The van der Waals surface area contributed by atoms with Crippen LogP contribution in [0.1, 0.15) is 32.8 Å². The number of nitrogen functional groups attached to an aromatic ring is 2. The largest absolute Gasteiger partial charge is 0.444 e. The molecule has 1 aromatic carbocycles. The van der Waals surface area contributed by atoms with Gasteiger partial charge in [0.25, 0.3) is 0 Å². The molecular formula is C15H21N3O2. The minimum atomic E-state index is -0.494. The molecule has 108 valence electrons. The van der Waals surface area contributed by atoms with E-state index in [1.807, 2.05) is 20.8 Å². The van der Waals surface area contributed by atoms with Gasteiger partial charge in [0, 0.05) is 18.5 Å². The van der Waals surface area contributed by atoms with Crippen molar-refractivity contribution in [1.82, 2.24) is 5.32 Å². The van der Waals surface area contributed by atoms with Crippen molar-refractivity contribution < 1.29 is 9.53 Å². The van der Waals surface area contributed by atoms with E-state index in [0.29, 0.717) is 29.9 Å². The number of ether oxygens (including phenoxy) is 1. The van der Waals surface area contributed by atoms with Gasteiger partial charge in [-0.05, 0) is 32.9 Å². The second kappa shape index (κ2) is 6.71. The smallest absolute Gasteiger partial charge is 0.407 e. The third-order valence-corrected chi connectivity index (χ3v) is 2.28. The zero-order valence-corrected chi connectivity index (χ0v) is 12.1. The summed E-state index contributed by atoms with van der Waals surface area (Å²) in [5.74, 6) is 5.86. The molecule has 5 nitrogen and oxygen atoms in total. The molecule has 1 amide bonds. The highest BCUT2D eigenvalue weighted by atomic mass is 16.6. The number of hydrogen-bond acceptors (Lipinski definition) is 4. The topological polar surface area (TPSA) is 90.4 Å². The number of amides is 1. The third-order valence-electron chi connectivity index (χ3n) is 2.28. The number of anilines is 2. The number of benzene rings is 1. The summed E-state index contributed by atoms with van der Waals surface area (Å²) in [7, 11) is 0. The van der Waals surface area contributed by atoms with Crippen LogP contribution in [0.2, 0.25) is 0 Å². The fourth-order valence-electron chi connectivity index (χ4n) is 1.39. The minimum Gasteiger partial charge on any atom is -0.444 e. The predicted octanol–water partition coefficient (Wildman–Crippen LogP) is 2.12. The summed E-state index contributed by atoms with van der Waals surface area (Å²) in [6.07, 6.45) is 0.0655. The summed E-state index contributed by atoms with van der Waals surface area (Å²) in [5, 5.41) is 2.63. The molecule has 0 atom stereocenters. The second-order valence-corrected chi connectivity index (χ2v) is 5.29. The van der Waals surface area contributed by atoms with E-state index in [0.717, 1.165) is 0 Å². The number of para-hydroxylation sites is 1. The summed E-state index contributed by atoms with van der Waals surface area (Å²) >= 11 is 0. The van der Waals surface area contributed by atoms with Gasteiger partial charge in [-0.25, -0.2) is 4.79 Å². The van der Waals surface area contributed by atoms with Crippen molar-refractivity contribution >= 4 is 17.5 Å². The highest BCUT2D eigenvalue weighted by Crippen LogP contribution is 2.17. The van der Waals surface area contributed by atoms with Crippen LogP contribution in [0, 0.1) is 11.8 Å². The van der Waals surface area contributed by atoms with Gasteiger partial charge in [0.05, 0.1) is 11.4 Å². The van der Waals surface area contributed by atoms with Crippen molar-refractivity contribution in [2.45, 2.75) is 32.8 Å². The normalized spacial score (nSPS) is 10.3. The third kappa shape index (κ3) is 5.53. The van der Waals surface area contributed by atoms with Crippen LogP contribution >= 0.6 is 0 Å². The second-order valence-electron chi connectivity index (χ2n) is 5.29. The molecule has 0 aromatic heterocycles. The highest BCUT2D eigenvalue weighted by molar-refractivity contribution is 5.71. The molecule has 0 unspecified atom stereocenters. The number of nitrogens with two attached hydrogens (primary N) is 2. The van der Waals surface area contributed by atoms with Crippen LogP contribution < -0.4 is 16.8 Å². The summed E-state index contributed by atoms with van der Waals surface area (Å²) in [5.41, 5.74) is 12.7. The van der Waals surface area contributed by atoms with E-state index in [-0.39, 0.29) is 0 Å². The quantitative estimate of drug-likeness (QED) is 0.438. The lowest BCUT2D eigenvalue weighted by molar-refractivity contribution is 0.0529. The maximum atomic E-state index is 11.4. The summed E-state index contributed by atoms with van der Waals surface area (Å²) < 4.78 is 5.10.